The molecule has 3 aromatic rings. The summed E-state index contributed by atoms with van der Waals surface area (Å²) in [7, 11) is 1.32. The summed E-state index contributed by atoms with van der Waals surface area (Å²) in [5.41, 5.74) is 1.47. The van der Waals surface area contributed by atoms with Crippen molar-refractivity contribution in [2.45, 2.75) is 12.5 Å². The standard InChI is InChI=1S/C19H17NO4/c1-23-18(21)12-15(13-7-3-2-4-8-13)20-19(22)17-11-14-9-5-6-10-16(14)24-17/h2-11,15H,12H2,1H3,(H,20,22). The molecule has 0 aliphatic carbocycles. The third kappa shape index (κ3) is 3.46. The van der Waals surface area contributed by atoms with E-state index in [0.29, 0.717) is 5.58 Å². The largest absolute Gasteiger partial charge is 0.469 e. The normalized spacial score (nSPS) is 11.9. The van der Waals surface area contributed by atoms with E-state index in [2.05, 4.69) is 5.32 Å². The molecular weight excluding hydrogens is 306 g/mol. The van der Waals surface area contributed by atoms with Crippen molar-refractivity contribution in [3.05, 3.63) is 72.0 Å². The van der Waals surface area contributed by atoms with Crippen LogP contribution in [0.15, 0.2) is 65.1 Å². The Balaban J connectivity index is 1.83. The zero-order valence-electron chi connectivity index (χ0n) is 13.2. The predicted octanol–water partition coefficient (Wildman–Crippen LogP) is 3.47. The Bertz CT molecular complexity index is 821. The molecule has 0 spiro atoms. The van der Waals surface area contributed by atoms with Gasteiger partial charge in [0.2, 0.25) is 0 Å². The Morgan fingerprint density at radius 2 is 1.79 bits per heavy atom. The summed E-state index contributed by atoms with van der Waals surface area (Å²) >= 11 is 0. The minimum absolute atomic E-state index is 0.0481. The lowest BCUT2D eigenvalue weighted by molar-refractivity contribution is -0.141. The van der Waals surface area contributed by atoms with E-state index in [9.17, 15) is 9.59 Å². The Hall–Kier alpha value is -3.08. The number of hydrogen-bond donors (Lipinski definition) is 1. The first kappa shape index (κ1) is 15.8. The third-order valence-electron chi connectivity index (χ3n) is 3.76. The molecular formula is C19H17NO4. The zero-order chi connectivity index (χ0) is 16.9. The van der Waals surface area contributed by atoms with Crippen LogP contribution in [-0.2, 0) is 9.53 Å². The highest BCUT2D eigenvalue weighted by molar-refractivity contribution is 5.96. The fourth-order valence-corrected chi connectivity index (χ4v) is 2.51. The number of fused-ring (bicyclic) bond motifs is 1. The molecule has 0 aliphatic rings. The first-order valence-electron chi connectivity index (χ1n) is 7.58. The molecule has 2 aromatic carbocycles. The summed E-state index contributed by atoms with van der Waals surface area (Å²) in [6, 6.07) is 17.9. The fourth-order valence-electron chi connectivity index (χ4n) is 2.51. The lowest BCUT2D eigenvalue weighted by Gasteiger charge is -2.17. The number of rotatable bonds is 5. The number of hydrogen-bond acceptors (Lipinski definition) is 4. The number of ether oxygens (including phenoxy) is 1. The van der Waals surface area contributed by atoms with Crippen molar-refractivity contribution in [3.63, 3.8) is 0 Å². The van der Waals surface area contributed by atoms with Gasteiger partial charge in [-0.15, -0.1) is 0 Å². The van der Waals surface area contributed by atoms with E-state index < -0.39 is 12.0 Å². The maximum absolute atomic E-state index is 12.5. The molecule has 1 atom stereocenters. The van der Waals surface area contributed by atoms with Crippen molar-refractivity contribution in [1.82, 2.24) is 5.32 Å². The molecule has 1 amide bonds. The molecule has 5 heteroatoms. The first-order valence-corrected chi connectivity index (χ1v) is 7.58. The van der Waals surface area contributed by atoms with E-state index in [-0.39, 0.29) is 18.1 Å². The number of carbonyl (C=O) groups excluding carboxylic acids is 2. The fraction of sp³-hybridized carbons (Fsp3) is 0.158. The lowest BCUT2D eigenvalue weighted by Crippen LogP contribution is -2.30. The van der Waals surface area contributed by atoms with Gasteiger partial charge < -0.3 is 14.5 Å². The minimum atomic E-state index is -0.487. The Labute approximate surface area is 139 Å². The van der Waals surface area contributed by atoms with Crippen molar-refractivity contribution < 1.29 is 18.7 Å². The number of furan rings is 1. The Kier molecular flexibility index (Phi) is 4.61. The number of methoxy groups -OCH3 is 1. The van der Waals surface area contributed by atoms with Gasteiger partial charge in [-0.2, -0.15) is 0 Å². The van der Waals surface area contributed by atoms with E-state index in [0.717, 1.165) is 10.9 Å². The molecule has 24 heavy (non-hydrogen) atoms. The van der Waals surface area contributed by atoms with E-state index in [1.54, 1.807) is 12.1 Å². The smallest absolute Gasteiger partial charge is 0.307 e. The number of amides is 1. The summed E-state index contributed by atoms with van der Waals surface area (Å²) in [6.45, 7) is 0. The van der Waals surface area contributed by atoms with Crippen molar-refractivity contribution in [2.24, 2.45) is 0 Å². The van der Waals surface area contributed by atoms with Crippen molar-refractivity contribution in [2.75, 3.05) is 7.11 Å². The highest BCUT2D eigenvalue weighted by Gasteiger charge is 2.21. The van der Waals surface area contributed by atoms with Gasteiger partial charge in [0, 0.05) is 5.39 Å². The van der Waals surface area contributed by atoms with Crippen LogP contribution in [-0.4, -0.2) is 19.0 Å². The maximum atomic E-state index is 12.5. The van der Waals surface area contributed by atoms with E-state index in [1.807, 2.05) is 48.5 Å². The van der Waals surface area contributed by atoms with Crippen molar-refractivity contribution in [3.8, 4) is 0 Å². The van der Waals surface area contributed by atoms with Gasteiger partial charge >= 0.3 is 5.97 Å². The number of benzene rings is 2. The second-order valence-electron chi connectivity index (χ2n) is 5.37. The number of nitrogens with one attached hydrogen (secondary N) is 1. The van der Waals surface area contributed by atoms with Crippen LogP contribution in [0.1, 0.15) is 28.6 Å². The second kappa shape index (κ2) is 7.00. The van der Waals surface area contributed by atoms with Gasteiger partial charge in [0.1, 0.15) is 5.58 Å². The summed E-state index contributed by atoms with van der Waals surface area (Å²) < 4.78 is 10.3. The minimum Gasteiger partial charge on any atom is -0.469 e. The molecule has 0 radical (unpaired) electrons. The number of para-hydroxylation sites is 1. The molecule has 1 heterocycles. The van der Waals surface area contributed by atoms with Crippen LogP contribution < -0.4 is 5.32 Å². The van der Waals surface area contributed by atoms with Gasteiger partial charge in [0.15, 0.2) is 5.76 Å². The van der Waals surface area contributed by atoms with E-state index in [1.165, 1.54) is 7.11 Å². The van der Waals surface area contributed by atoms with E-state index in [4.69, 9.17) is 9.15 Å². The molecule has 0 saturated carbocycles. The lowest BCUT2D eigenvalue weighted by atomic mass is 10.0. The summed E-state index contributed by atoms with van der Waals surface area (Å²) in [5.74, 6) is -0.556. The van der Waals surface area contributed by atoms with Gasteiger partial charge in [-0.25, -0.2) is 0 Å². The average molecular weight is 323 g/mol. The molecule has 0 aliphatic heterocycles. The first-order chi connectivity index (χ1) is 11.7. The molecule has 1 aromatic heterocycles. The highest BCUT2D eigenvalue weighted by atomic mass is 16.5. The van der Waals surface area contributed by atoms with Crippen LogP contribution in [0.5, 0.6) is 0 Å². The van der Waals surface area contributed by atoms with Crippen LogP contribution in [0.25, 0.3) is 11.0 Å². The number of esters is 1. The maximum Gasteiger partial charge on any atom is 0.307 e. The van der Waals surface area contributed by atoms with Gasteiger partial charge in [0.05, 0.1) is 19.6 Å². The summed E-state index contributed by atoms with van der Waals surface area (Å²) in [4.78, 5) is 24.2. The van der Waals surface area contributed by atoms with Crippen LogP contribution in [0.2, 0.25) is 0 Å². The molecule has 0 fully saturated rings. The van der Waals surface area contributed by atoms with Gasteiger partial charge in [-0.05, 0) is 17.7 Å². The van der Waals surface area contributed by atoms with Crippen LogP contribution in [0.3, 0.4) is 0 Å². The molecule has 1 unspecified atom stereocenters. The third-order valence-corrected chi connectivity index (χ3v) is 3.76. The Morgan fingerprint density at radius 3 is 2.50 bits per heavy atom. The van der Waals surface area contributed by atoms with Crippen molar-refractivity contribution in [1.29, 1.82) is 0 Å². The highest BCUT2D eigenvalue weighted by Crippen LogP contribution is 2.21. The number of carbonyl (C=O) groups is 2. The SMILES string of the molecule is COC(=O)CC(NC(=O)c1cc2ccccc2o1)c1ccccc1. The molecule has 0 saturated heterocycles. The van der Waals surface area contributed by atoms with Crippen LogP contribution in [0.4, 0.5) is 0 Å². The molecule has 3 rings (SSSR count). The van der Waals surface area contributed by atoms with Crippen LogP contribution in [0, 0.1) is 0 Å². The molecule has 122 valence electrons. The summed E-state index contributed by atoms with van der Waals surface area (Å²) in [5, 5.41) is 3.70. The predicted molar refractivity (Wildman–Crippen MR) is 89.5 cm³/mol. The van der Waals surface area contributed by atoms with E-state index >= 15 is 0 Å². The Morgan fingerprint density at radius 1 is 1.08 bits per heavy atom. The molecule has 1 N–H and O–H groups in total. The molecule has 0 bridgehead atoms. The zero-order valence-corrected chi connectivity index (χ0v) is 13.2. The second-order valence-corrected chi connectivity index (χ2v) is 5.37. The van der Waals surface area contributed by atoms with Gasteiger partial charge in [-0.1, -0.05) is 48.5 Å². The topological polar surface area (TPSA) is 68.5 Å². The molecule has 5 nitrogen and oxygen atoms in total. The monoisotopic (exact) mass is 323 g/mol. The average Bonchev–Trinajstić information content (AvgIpc) is 3.06. The van der Waals surface area contributed by atoms with Crippen molar-refractivity contribution >= 4 is 22.8 Å². The van der Waals surface area contributed by atoms with Gasteiger partial charge in [-0.3, -0.25) is 9.59 Å². The van der Waals surface area contributed by atoms with Gasteiger partial charge in [0.25, 0.3) is 5.91 Å². The van der Waals surface area contributed by atoms with Crippen LogP contribution >= 0.6 is 0 Å². The quantitative estimate of drug-likeness (QED) is 0.730. The summed E-state index contributed by atoms with van der Waals surface area (Å²) in [6.07, 6.45) is 0.0481.